The van der Waals surface area contributed by atoms with Gasteiger partial charge in [-0.3, -0.25) is 4.79 Å². The molecule has 2 aromatic rings. The summed E-state index contributed by atoms with van der Waals surface area (Å²) in [4.78, 5) is 24.9. The van der Waals surface area contributed by atoms with Crippen molar-refractivity contribution in [1.29, 1.82) is 0 Å². The Morgan fingerprint density at radius 3 is 2.38 bits per heavy atom. The maximum Gasteiger partial charge on any atom is 0.263 e. The number of benzene rings is 1. The molecule has 0 unspecified atom stereocenters. The van der Waals surface area contributed by atoms with Crippen LogP contribution in [0.2, 0.25) is 5.02 Å². The van der Waals surface area contributed by atoms with Crippen molar-refractivity contribution in [2.24, 2.45) is 0 Å². The molecule has 1 fully saturated rings. The quantitative estimate of drug-likeness (QED) is 0.849. The zero-order valence-electron chi connectivity index (χ0n) is 13.4. The molecule has 1 atom stereocenters. The third-order valence-electron chi connectivity index (χ3n) is 3.90. The fourth-order valence-electron chi connectivity index (χ4n) is 2.61. The first-order valence-electron chi connectivity index (χ1n) is 7.86. The van der Waals surface area contributed by atoms with Crippen LogP contribution in [0.5, 0.6) is 5.75 Å². The molecule has 0 aliphatic carbocycles. The number of amides is 1. The van der Waals surface area contributed by atoms with E-state index < -0.39 is 6.10 Å². The van der Waals surface area contributed by atoms with Gasteiger partial charge >= 0.3 is 0 Å². The molecule has 126 valence electrons. The predicted octanol–water partition coefficient (Wildman–Crippen LogP) is 2.25. The molecule has 0 spiro atoms. The van der Waals surface area contributed by atoms with Gasteiger partial charge in [0.25, 0.3) is 5.91 Å². The maximum absolute atomic E-state index is 12.5. The van der Waals surface area contributed by atoms with Crippen LogP contribution in [0.1, 0.15) is 6.92 Å². The number of rotatable bonds is 4. The summed E-state index contributed by atoms with van der Waals surface area (Å²) >= 11 is 5.85. The summed E-state index contributed by atoms with van der Waals surface area (Å²) in [5.41, 5.74) is 0. The highest BCUT2D eigenvalue weighted by Gasteiger charge is 2.26. The lowest BCUT2D eigenvalue weighted by atomic mass is 10.2. The second-order valence-electron chi connectivity index (χ2n) is 5.58. The number of hydrogen-bond acceptors (Lipinski definition) is 5. The van der Waals surface area contributed by atoms with E-state index in [1.54, 1.807) is 49.6 Å². The van der Waals surface area contributed by atoms with Crippen LogP contribution in [0, 0.1) is 0 Å². The highest BCUT2D eigenvalue weighted by Crippen LogP contribution is 2.18. The molecule has 1 aromatic heterocycles. The van der Waals surface area contributed by atoms with Gasteiger partial charge in [-0.25, -0.2) is 9.97 Å². The Bertz CT molecular complexity index is 673. The van der Waals surface area contributed by atoms with Crippen LogP contribution in [-0.4, -0.2) is 53.1 Å². The molecule has 1 aromatic carbocycles. The zero-order valence-corrected chi connectivity index (χ0v) is 14.2. The largest absolute Gasteiger partial charge is 0.481 e. The monoisotopic (exact) mass is 346 g/mol. The van der Waals surface area contributed by atoms with E-state index in [-0.39, 0.29) is 5.91 Å². The summed E-state index contributed by atoms with van der Waals surface area (Å²) < 4.78 is 5.71. The highest BCUT2D eigenvalue weighted by molar-refractivity contribution is 6.30. The van der Waals surface area contributed by atoms with Gasteiger partial charge in [-0.1, -0.05) is 11.6 Å². The first-order chi connectivity index (χ1) is 11.6. The Hall–Kier alpha value is -2.34. The van der Waals surface area contributed by atoms with Crippen LogP contribution in [0.15, 0.2) is 42.7 Å². The second kappa shape index (κ2) is 7.49. The number of nitrogens with zero attached hydrogens (tertiary/aromatic N) is 4. The summed E-state index contributed by atoms with van der Waals surface area (Å²) in [5, 5.41) is 0.639. The van der Waals surface area contributed by atoms with Crippen molar-refractivity contribution in [2.75, 3.05) is 31.1 Å². The molecule has 0 bridgehead atoms. The van der Waals surface area contributed by atoms with E-state index in [0.29, 0.717) is 42.9 Å². The first kappa shape index (κ1) is 16.5. The third-order valence-corrected chi connectivity index (χ3v) is 4.15. The first-order valence-corrected chi connectivity index (χ1v) is 8.24. The number of carbonyl (C=O) groups is 1. The van der Waals surface area contributed by atoms with Crippen molar-refractivity contribution in [3.05, 3.63) is 47.7 Å². The van der Waals surface area contributed by atoms with Crippen LogP contribution in [0.3, 0.4) is 0 Å². The van der Waals surface area contributed by atoms with Gasteiger partial charge in [-0.2, -0.15) is 0 Å². The number of anilines is 1. The summed E-state index contributed by atoms with van der Waals surface area (Å²) in [6.07, 6.45) is 2.91. The standard InChI is InChI=1S/C17H19ClN4O2/c1-13(24-15-5-3-14(18)4-6-15)16(23)21-9-11-22(12-10-21)17-19-7-2-8-20-17/h2-8,13H,9-12H2,1H3/t13-/m0/s1. The fraction of sp³-hybridized carbons (Fsp3) is 0.353. The molecule has 1 aliphatic heterocycles. The van der Waals surface area contributed by atoms with Crippen molar-refractivity contribution < 1.29 is 9.53 Å². The fourth-order valence-corrected chi connectivity index (χ4v) is 2.73. The lowest BCUT2D eigenvalue weighted by Crippen LogP contribution is -2.52. The molecule has 7 heteroatoms. The smallest absolute Gasteiger partial charge is 0.263 e. The zero-order chi connectivity index (χ0) is 16.9. The van der Waals surface area contributed by atoms with E-state index in [4.69, 9.17) is 16.3 Å². The molecule has 24 heavy (non-hydrogen) atoms. The average molecular weight is 347 g/mol. The van der Waals surface area contributed by atoms with Crippen LogP contribution in [0.25, 0.3) is 0 Å². The van der Waals surface area contributed by atoms with E-state index in [1.165, 1.54) is 0 Å². The highest BCUT2D eigenvalue weighted by atomic mass is 35.5. The number of hydrogen-bond donors (Lipinski definition) is 0. The van der Waals surface area contributed by atoms with E-state index in [2.05, 4.69) is 14.9 Å². The Labute approximate surface area is 146 Å². The van der Waals surface area contributed by atoms with Gasteiger partial charge in [0.15, 0.2) is 6.10 Å². The SMILES string of the molecule is C[C@H](Oc1ccc(Cl)cc1)C(=O)N1CCN(c2ncccn2)CC1. The Balaban J connectivity index is 1.53. The molecule has 0 saturated carbocycles. The molecular formula is C17H19ClN4O2. The Kier molecular flexibility index (Phi) is 5.15. The van der Waals surface area contributed by atoms with Gasteiger partial charge in [-0.05, 0) is 37.3 Å². The maximum atomic E-state index is 12.5. The lowest BCUT2D eigenvalue weighted by molar-refractivity contribution is -0.138. The minimum absolute atomic E-state index is 0.0152. The molecule has 1 amide bonds. The molecule has 6 nitrogen and oxygen atoms in total. The Morgan fingerprint density at radius 2 is 1.75 bits per heavy atom. The topological polar surface area (TPSA) is 58.6 Å². The van der Waals surface area contributed by atoms with Crippen LogP contribution < -0.4 is 9.64 Å². The Morgan fingerprint density at radius 1 is 1.12 bits per heavy atom. The molecule has 0 radical (unpaired) electrons. The van der Waals surface area contributed by atoms with Gasteiger partial charge in [-0.15, -0.1) is 0 Å². The molecule has 1 saturated heterocycles. The van der Waals surface area contributed by atoms with E-state index in [0.717, 1.165) is 0 Å². The van der Waals surface area contributed by atoms with Gasteiger partial charge in [0.1, 0.15) is 5.75 Å². The van der Waals surface area contributed by atoms with Crippen LogP contribution in [-0.2, 0) is 4.79 Å². The second-order valence-corrected chi connectivity index (χ2v) is 6.01. The van der Waals surface area contributed by atoms with Gasteiger partial charge < -0.3 is 14.5 Å². The number of piperazine rings is 1. The summed E-state index contributed by atoms with van der Waals surface area (Å²) in [5.74, 6) is 1.32. The normalized spacial score (nSPS) is 15.9. The van der Waals surface area contributed by atoms with E-state index in [1.807, 2.05) is 4.90 Å². The number of aromatic nitrogens is 2. The lowest BCUT2D eigenvalue weighted by Gasteiger charge is -2.35. The number of carbonyl (C=O) groups excluding carboxylic acids is 1. The number of ether oxygens (including phenoxy) is 1. The number of halogens is 1. The third kappa shape index (κ3) is 3.94. The van der Waals surface area contributed by atoms with E-state index >= 15 is 0 Å². The van der Waals surface area contributed by atoms with Crippen molar-refractivity contribution >= 4 is 23.5 Å². The minimum Gasteiger partial charge on any atom is -0.481 e. The summed E-state index contributed by atoms with van der Waals surface area (Å²) in [7, 11) is 0. The molecule has 0 N–H and O–H groups in total. The van der Waals surface area contributed by atoms with Crippen molar-refractivity contribution in [3.63, 3.8) is 0 Å². The molecular weight excluding hydrogens is 328 g/mol. The van der Waals surface area contributed by atoms with Crippen molar-refractivity contribution in [2.45, 2.75) is 13.0 Å². The molecule has 3 rings (SSSR count). The van der Waals surface area contributed by atoms with Crippen LogP contribution in [0.4, 0.5) is 5.95 Å². The molecule has 1 aliphatic rings. The molecule has 2 heterocycles. The van der Waals surface area contributed by atoms with Crippen molar-refractivity contribution in [3.8, 4) is 5.75 Å². The van der Waals surface area contributed by atoms with Gasteiger partial charge in [0, 0.05) is 43.6 Å². The predicted molar refractivity (Wildman–Crippen MR) is 92.4 cm³/mol. The average Bonchev–Trinajstić information content (AvgIpc) is 2.64. The van der Waals surface area contributed by atoms with Crippen LogP contribution >= 0.6 is 11.6 Å². The van der Waals surface area contributed by atoms with Gasteiger partial charge in [0.05, 0.1) is 0 Å². The minimum atomic E-state index is -0.536. The summed E-state index contributed by atoms with van der Waals surface area (Å²) in [6, 6.07) is 8.80. The van der Waals surface area contributed by atoms with E-state index in [9.17, 15) is 4.79 Å². The van der Waals surface area contributed by atoms with Gasteiger partial charge in [0.2, 0.25) is 5.95 Å². The summed E-state index contributed by atoms with van der Waals surface area (Å²) in [6.45, 7) is 4.45. The van der Waals surface area contributed by atoms with Crippen molar-refractivity contribution in [1.82, 2.24) is 14.9 Å².